The van der Waals surface area contributed by atoms with E-state index in [4.69, 9.17) is 16.3 Å². The number of nitrogens with one attached hydrogen (secondary N) is 1. The molecule has 1 amide bonds. The highest BCUT2D eigenvalue weighted by Gasteiger charge is 2.16. The van der Waals surface area contributed by atoms with E-state index in [1.807, 2.05) is 31.2 Å². The molecule has 0 saturated carbocycles. The van der Waals surface area contributed by atoms with Crippen molar-refractivity contribution >= 4 is 34.1 Å². The van der Waals surface area contributed by atoms with Crippen LogP contribution in [0, 0.1) is 6.92 Å². The predicted molar refractivity (Wildman–Crippen MR) is 96.7 cm³/mol. The van der Waals surface area contributed by atoms with E-state index in [9.17, 15) is 4.79 Å². The molecule has 0 bridgehead atoms. The standard InChI is InChI=1S/C19H17ClN2O2/c1-12-8-9-17(16-7-4-10-21-18(12)16)22-19(23)13(2)24-15-6-3-5-14(20)11-15/h3-11,13H,1-2H3,(H,22,23). The third-order valence-electron chi connectivity index (χ3n) is 3.71. The Hall–Kier alpha value is -2.59. The molecule has 0 saturated heterocycles. The molecule has 24 heavy (non-hydrogen) atoms. The Bertz CT molecular complexity index is 895. The van der Waals surface area contributed by atoms with Crippen molar-refractivity contribution in [3.05, 3.63) is 65.3 Å². The van der Waals surface area contributed by atoms with Crippen molar-refractivity contribution in [1.29, 1.82) is 0 Å². The van der Waals surface area contributed by atoms with E-state index in [2.05, 4.69) is 10.3 Å². The number of fused-ring (bicyclic) bond motifs is 1. The first-order valence-corrected chi connectivity index (χ1v) is 8.00. The SMILES string of the molecule is Cc1ccc(NC(=O)C(C)Oc2cccc(Cl)c2)c2cccnc12. The number of carbonyl (C=O) groups is 1. The summed E-state index contributed by atoms with van der Waals surface area (Å²) in [5.41, 5.74) is 2.65. The third kappa shape index (κ3) is 3.49. The highest BCUT2D eigenvalue weighted by atomic mass is 35.5. The van der Waals surface area contributed by atoms with Crippen LogP contribution in [0.2, 0.25) is 5.02 Å². The van der Waals surface area contributed by atoms with E-state index < -0.39 is 6.10 Å². The van der Waals surface area contributed by atoms with Gasteiger partial charge in [0.05, 0.1) is 11.2 Å². The summed E-state index contributed by atoms with van der Waals surface area (Å²) in [5.74, 6) is 0.324. The van der Waals surface area contributed by atoms with Crippen LogP contribution in [0.5, 0.6) is 5.75 Å². The largest absolute Gasteiger partial charge is 0.481 e. The molecule has 0 aliphatic heterocycles. The summed E-state index contributed by atoms with van der Waals surface area (Å²) in [7, 11) is 0. The lowest BCUT2D eigenvalue weighted by Gasteiger charge is -2.16. The molecule has 1 atom stereocenters. The maximum Gasteiger partial charge on any atom is 0.265 e. The number of carbonyl (C=O) groups excluding carboxylic acids is 1. The Labute approximate surface area is 145 Å². The molecule has 0 fully saturated rings. The number of halogens is 1. The van der Waals surface area contributed by atoms with Gasteiger partial charge in [-0.25, -0.2) is 0 Å². The predicted octanol–water partition coefficient (Wildman–Crippen LogP) is 4.60. The third-order valence-corrected chi connectivity index (χ3v) is 3.94. The topological polar surface area (TPSA) is 51.2 Å². The summed E-state index contributed by atoms with van der Waals surface area (Å²) in [5, 5.41) is 4.38. The summed E-state index contributed by atoms with van der Waals surface area (Å²) < 4.78 is 5.65. The fourth-order valence-corrected chi connectivity index (χ4v) is 2.64. The minimum atomic E-state index is -0.656. The average molecular weight is 341 g/mol. The van der Waals surface area contributed by atoms with Crippen LogP contribution >= 0.6 is 11.6 Å². The van der Waals surface area contributed by atoms with E-state index in [1.54, 1.807) is 37.4 Å². The van der Waals surface area contributed by atoms with Gasteiger partial charge in [0, 0.05) is 16.6 Å². The lowest BCUT2D eigenvalue weighted by Crippen LogP contribution is -2.30. The van der Waals surface area contributed by atoms with Gasteiger partial charge >= 0.3 is 0 Å². The fourth-order valence-electron chi connectivity index (χ4n) is 2.46. The maximum absolute atomic E-state index is 12.4. The second-order valence-electron chi connectivity index (χ2n) is 5.54. The number of hydrogen-bond acceptors (Lipinski definition) is 3. The molecule has 1 aromatic heterocycles. The zero-order valence-electron chi connectivity index (χ0n) is 13.4. The first-order chi connectivity index (χ1) is 11.5. The van der Waals surface area contributed by atoms with Gasteiger partial charge in [0.25, 0.3) is 5.91 Å². The number of ether oxygens (including phenoxy) is 1. The van der Waals surface area contributed by atoms with Crippen LogP contribution in [-0.4, -0.2) is 17.0 Å². The zero-order chi connectivity index (χ0) is 17.1. The number of nitrogens with zero attached hydrogens (tertiary/aromatic N) is 1. The molecule has 1 N–H and O–H groups in total. The van der Waals surface area contributed by atoms with Gasteiger partial charge in [-0.1, -0.05) is 23.7 Å². The summed E-state index contributed by atoms with van der Waals surface area (Å²) in [6.07, 6.45) is 1.09. The van der Waals surface area contributed by atoms with E-state index in [0.717, 1.165) is 22.2 Å². The second-order valence-corrected chi connectivity index (χ2v) is 5.97. The van der Waals surface area contributed by atoms with Gasteiger partial charge < -0.3 is 10.1 Å². The number of hydrogen-bond donors (Lipinski definition) is 1. The Balaban J connectivity index is 1.78. The minimum Gasteiger partial charge on any atom is -0.481 e. The van der Waals surface area contributed by atoms with Gasteiger partial charge in [0.2, 0.25) is 0 Å². The minimum absolute atomic E-state index is 0.232. The molecule has 3 rings (SSSR count). The molecule has 0 aliphatic rings. The van der Waals surface area contributed by atoms with E-state index in [0.29, 0.717) is 10.8 Å². The highest BCUT2D eigenvalue weighted by molar-refractivity contribution is 6.30. The molecule has 0 spiro atoms. The summed E-state index contributed by atoms with van der Waals surface area (Å²) in [4.78, 5) is 16.8. The van der Waals surface area contributed by atoms with Crippen LogP contribution in [0.3, 0.4) is 0 Å². The first-order valence-electron chi connectivity index (χ1n) is 7.62. The van der Waals surface area contributed by atoms with Crippen LogP contribution in [0.4, 0.5) is 5.69 Å². The maximum atomic E-state index is 12.4. The lowest BCUT2D eigenvalue weighted by atomic mass is 10.1. The summed E-state index contributed by atoms with van der Waals surface area (Å²) in [6.45, 7) is 3.69. The van der Waals surface area contributed by atoms with Crippen molar-refractivity contribution in [2.45, 2.75) is 20.0 Å². The van der Waals surface area contributed by atoms with Crippen molar-refractivity contribution < 1.29 is 9.53 Å². The van der Waals surface area contributed by atoms with E-state index >= 15 is 0 Å². The molecule has 2 aromatic carbocycles. The average Bonchev–Trinajstić information content (AvgIpc) is 2.57. The van der Waals surface area contributed by atoms with Gasteiger partial charge in [-0.05, 0) is 55.8 Å². The first kappa shape index (κ1) is 16.3. The van der Waals surface area contributed by atoms with Gasteiger partial charge in [0.15, 0.2) is 6.10 Å². The number of pyridine rings is 1. The second kappa shape index (κ2) is 6.89. The van der Waals surface area contributed by atoms with Crippen LogP contribution < -0.4 is 10.1 Å². The van der Waals surface area contributed by atoms with Crippen molar-refractivity contribution in [1.82, 2.24) is 4.98 Å². The number of amides is 1. The molecule has 122 valence electrons. The van der Waals surface area contributed by atoms with E-state index in [-0.39, 0.29) is 5.91 Å². The van der Waals surface area contributed by atoms with Crippen molar-refractivity contribution in [3.63, 3.8) is 0 Å². The van der Waals surface area contributed by atoms with Crippen molar-refractivity contribution in [3.8, 4) is 5.75 Å². The number of aryl methyl sites for hydroxylation is 1. The molecule has 1 unspecified atom stereocenters. The van der Waals surface area contributed by atoms with Crippen LogP contribution in [0.25, 0.3) is 10.9 Å². The fraction of sp³-hybridized carbons (Fsp3) is 0.158. The molecule has 0 radical (unpaired) electrons. The van der Waals surface area contributed by atoms with Gasteiger partial charge in [-0.15, -0.1) is 0 Å². The number of benzene rings is 2. The van der Waals surface area contributed by atoms with Crippen molar-refractivity contribution in [2.24, 2.45) is 0 Å². The molecular weight excluding hydrogens is 324 g/mol. The Morgan fingerprint density at radius 3 is 2.83 bits per heavy atom. The van der Waals surface area contributed by atoms with Crippen LogP contribution in [-0.2, 0) is 4.79 Å². The molecule has 3 aromatic rings. The summed E-state index contributed by atoms with van der Waals surface area (Å²) >= 11 is 5.93. The lowest BCUT2D eigenvalue weighted by molar-refractivity contribution is -0.122. The Morgan fingerprint density at radius 1 is 1.21 bits per heavy atom. The van der Waals surface area contributed by atoms with Crippen LogP contribution in [0.15, 0.2) is 54.7 Å². The molecule has 1 heterocycles. The van der Waals surface area contributed by atoms with Gasteiger partial charge in [0.1, 0.15) is 5.75 Å². The number of aromatic nitrogens is 1. The number of rotatable bonds is 4. The molecular formula is C19H17ClN2O2. The normalized spacial score (nSPS) is 12.0. The van der Waals surface area contributed by atoms with Gasteiger partial charge in [-0.2, -0.15) is 0 Å². The number of anilines is 1. The molecule has 5 heteroatoms. The van der Waals surface area contributed by atoms with Crippen molar-refractivity contribution in [2.75, 3.05) is 5.32 Å². The smallest absolute Gasteiger partial charge is 0.265 e. The molecule has 4 nitrogen and oxygen atoms in total. The zero-order valence-corrected chi connectivity index (χ0v) is 14.2. The summed E-state index contributed by atoms with van der Waals surface area (Å²) in [6, 6.07) is 14.6. The monoisotopic (exact) mass is 340 g/mol. The van der Waals surface area contributed by atoms with Gasteiger partial charge in [-0.3, -0.25) is 9.78 Å². The quantitative estimate of drug-likeness (QED) is 0.755. The highest BCUT2D eigenvalue weighted by Crippen LogP contribution is 2.25. The van der Waals surface area contributed by atoms with E-state index in [1.165, 1.54) is 0 Å². The molecule has 0 aliphatic carbocycles. The van der Waals surface area contributed by atoms with Crippen LogP contribution in [0.1, 0.15) is 12.5 Å². The Morgan fingerprint density at radius 2 is 2.04 bits per heavy atom. The Kier molecular flexibility index (Phi) is 4.67.